The molecule has 0 fully saturated rings. The van der Waals surface area contributed by atoms with Crippen molar-refractivity contribution in [1.82, 2.24) is 0 Å². The van der Waals surface area contributed by atoms with Gasteiger partial charge in [0.1, 0.15) is 11.6 Å². The molecule has 0 heterocycles. The number of carbonyl (C=O) groups excluding carboxylic acids is 1. The second-order valence-corrected chi connectivity index (χ2v) is 4.37. The van der Waals surface area contributed by atoms with Gasteiger partial charge in [0.25, 0.3) is 0 Å². The van der Waals surface area contributed by atoms with Gasteiger partial charge < -0.3 is 15.2 Å². The minimum atomic E-state index is -0.733. The summed E-state index contributed by atoms with van der Waals surface area (Å²) in [7, 11) is 1.19. The van der Waals surface area contributed by atoms with Gasteiger partial charge in [-0.15, -0.1) is 0 Å². The van der Waals surface area contributed by atoms with Gasteiger partial charge in [0.15, 0.2) is 11.6 Å². The predicted molar refractivity (Wildman–Crippen MR) is 73.4 cm³/mol. The van der Waals surface area contributed by atoms with Crippen LogP contribution in [-0.4, -0.2) is 13.1 Å². The normalized spacial score (nSPS) is 10.3. The molecule has 0 aliphatic carbocycles. The van der Waals surface area contributed by atoms with Crippen molar-refractivity contribution in [2.45, 2.75) is 6.92 Å². The van der Waals surface area contributed by atoms with Crippen LogP contribution >= 0.6 is 0 Å². The third-order valence-electron chi connectivity index (χ3n) is 2.87. The van der Waals surface area contributed by atoms with Crippen molar-refractivity contribution < 1.29 is 23.0 Å². The van der Waals surface area contributed by atoms with Crippen molar-refractivity contribution in [2.75, 3.05) is 12.8 Å². The molecule has 4 nitrogen and oxygen atoms in total. The molecule has 110 valence electrons. The van der Waals surface area contributed by atoms with Gasteiger partial charge >= 0.3 is 5.97 Å². The molecule has 2 rings (SSSR count). The third kappa shape index (κ3) is 3.10. The molecule has 0 aromatic heterocycles. The van der Waals surface area contributed by atoms with E-state index in [4.69, 9.17) is 10.5 Å². The lowest BCUT2D eigenvalue weighted by molar-refractivity contribution is 0.0601. The summed E-state index contributed by atoms with van der Waals surface area (Å²) in [5, 5.41) is 0. The standard InChI is InChI=1S/C15H13F2NO3/c1-8-5-9(16)3-4-13(8)21-14-6-10(15(19)20-2)12(18)7-11(14)17/h3-7H,18H2,1-2H3. The Bertz CT molecular complexity index is 702. The highest BCUT2D eigenvalue weighted by Gasteiger charge is 2.16. The van der Waals surface area contributed by atoms with E-state index in [1.165, 1.54) is 25.3 Å². The highest BCUT2D eigenvalue weighted by atomic mass is 19.1. The van der Waals surface area contributed by atoms with Gasteiger partial charge in [-0.1, -0.05) is 0 Å². The van der Waals surface area contributed by atoms with Crippen molar-refractivity contribution in [1.29, 1.82) is 0 Å². The molecule has 6 heteroatoms. The number of ether oxygens (including phenoxy) is 2. The van der Waals surface area contributed by atoms with E-state index in [2.05, 4.69) is 4.74 Å². The first-order chi connectivity index (χ1) is 9.92. The molecule has 0 aliphatic heterocycles. The van der Waals surface area contributed by atoms with E-state index < -0.39 is 17.6 Å². The Kier molecular flexibility index (Phi) is 4.07. The number of nitrogens with two attached hydrogens (primary N) is 1. The van der Waals surface area contributed by atoms with E-state index in [0.29, 0.717) is 5.56 Å². The van der Waals surface area contributed by atoms with Crippen LogP contribution in [0.4, 0.5) is 14.5 Å². The zero-order chi connectivity index (χ0) is 15.6. The fourth-order valence-electron chi connectivity index (χ4n) is 1.78. The SMILES string of the molecule is COC(=O)c1cc(Oc2ccc(F)cc2C)c(F)cc1N. The molecule has 0 aliphatic rings. The summed E-state index contributed by atoms with van der Waals surface area (Å²) >= 11 is 0. The van der Waals surface area contributed by atoms with E-state index in [0.717, 1.165) is 12.1 Å². The lowest BCUT2D eigenvalue weighted by Gasteiger charge is -2.12. The van der Waals surface area contributed by atoms with Crippen molar-refractivity contribution in [3.05, 3.63) is 53.1 Å². The van der Waals surface area contributed by atoms with Crippen molar-refractivity contribution >= 4 is 11.7 Å². The molecule has 0 radical (unpaired) electrons. The molecule has 0 atom stereocenters. The number of esters is 1. The van der Waals surface area contributed by atoms with Crippen LogP contribution in [0.15, 0.2) is 30.3 Å². The lowest BCUT2D eigenvalue weighted by atomic mass is 10.1. The second-order valence-electron chi connectivity index (χ2n) is 4.37. The van der Waals surface area contributed by atoms with E-state index in [-0.39, 0.29) is 22.7 Å². The molecular weight excluding hydrogens is 280 g/mol. The van der Waals surface area contributed by atoms with Crippen LogP contribution in [0, 0.1) is 18.6 Å². The van der Waals surface area contributed by atoms with Crippen LogP contribution in [0.3, 0.4) is 0 Å². The summed E-state index contributed by atoms with van der Waals surface area (Å²) in [6.45, 7) is 1.62. The van der Waals surface area contributed by atoms with Crippen molar-refractivity contribution in [2.24, 2.45) is 0 Å². The molecule has 0 amide bonds. The molecule has 0 spiro atoms. The Morgan fingerprint density at radius 1 is 1.14 bits per heavy atom. The van der Waals surface area contributed by atoms with Gasteiger partial charge in [-0.2, -0.15) is 0 Å². The number of halogens is 2. The first-order valence-corrected chi connectivity index (χ1v) is 6.03. The Balaban J connectivity index is 2.42. The van der Waals surface area contributed by atoms with E-state index in [1.54, 1.807) is 6.92 Å². The summed E-state index contributed by atoms with van der Waals surface area (Å²) in [5.41, 5.74) is 6.00. The minimum absolute atomic E-state index is 0.00587. The Labute approximate surface area is 120 Å². The summed E-state index contributed by atoms with van der Waals surface area (Å²) in [6, 6.07) is 5.95. The van der Waals surface area contributed by atoms with Crippen molar-refractivity contribution in [3.63, 3.8) is 0 Å². The number of nitrogen functional groups attached to an aromatic ring is 1. The van der Waals surface area contributed by atoms with E-state index in [9.17, 15) is 13.6 Å². The average Bonchev–Trinajstić information content (AvgIpc) is 2.43. The molecular formula is C15H13F2NO3. The van der Waals surface area contributed by atoms with Crippen LogP contribution in [0.25, 0.3) is 0 Å². The number of rotatable bonds is 3. The number of hydrogen-bond acceptors (Lipinski definition) is 4. The van der Waals surface area contributed by atoms with Crippen LogP contribution in [0.1, 0.15) is 15.9 Å². The minimum Gasteiger partial charge on any atom is -0.465 e. The number of carbonyl (C=O) groups is 1. The van der Waals surface area contributed by atoms with E-state index in [1.807, 2.05) is 0 Å². The van der Waals surface area contributed by atoms with E-state index >= 15 is 0 Å². The van der Waals surface area contributed by atoms with Crippen LogP contribution in [-0.2, 0) is 4.74 Å². The number of anilines is 1. The van der Waals surface area contributed by atoms with Crippen LogP contribution < -0.4 is 10.5 Å². The first kappa shape index (κ1) is 14.8. The molecule has 2 aromatic carbocycles. The average molecular weight is 293 g/mol. The largest absolute Gasteiger partial charge is 0.465 e. The lowest BCUT2D eigenvalue weighted by Crippen LogP contribution is -2.07. The Morgan fingerprint density at radius 2 is 1.86 bits per heavy atom. The fraction of sp³-hybridized carbons (Fsp3) is 0.133. The molecule has 0 unspecified atom stereocenters. The molecule has 2 N–H and O–H groups in total. The highest BCUT2D eigenvalue weighted by molar-refractivity contribution is 5.95. The fourth-order valence-corrected chi connectivity index (χ4v) is 1.78. The maximum Gasteiger partial charge on any atom is 0.340 e. The Morgan fingerprint density at radius 3 is 2.48 bits per heavy atom. The number of methoxy groups -OCH3 is 1. The maximum atomic E-state index is 13.9. The molecule has 21 heavy (non-hydrogen) atoms. The number of benzene rings is 2. The molecule has 2 aromatic rings. The number of hydrogen-bond donors (Lipinski definition) is 1. The summed E-state index contributed by atoms with van der Waals surface area (Å²) in [4.78, 5) is 11.5. The maximum absolute atomic E-state index is 13.9. The highest BCUT2D eigenvalue weighted by Crippen LogP contribution is 2.31. The third-order valence-corrected chi connectivity index (χ3v) is 2.87. The van der Waals surface area contributed by atoms with Gasteiger partial charge in [-0.05, 0) is 30.7 Å². The van der Waals surface area contributed by atoms with Gasteiger partial charge in [0, 0.05) is 17.8 Å². The van der Waals surface area contributed by atoms with Crippen LogP contribution in [0.5, 0.6) is 11.5 Å². The quantitative estimate of drug-likeness (QED) is 0.695. The zero-order valence-corrected chi connectivity index (χ0v) is 11.4. The van der Waals surface area contributed by atoms with Gasteiger partial charge in [-0.3, -0.25) is 0 Å². The molecule has 0 saturated carbocycles. The second kappa shape index (κ2) is 5.78. The monoisotopic (exact) mass is 293 g/mol. The summed E-state index contributed by atoms with van der Waals surface area (Å²) in [5.74, 6) is -1.78. The van der Waals surface area contributed by atoms with Crippen LogP contribution in [0.2, 0.25) is 0 Å². The topological polar surface area (TPSA) is 61.5 Å². The zero-order valence-electron chi connectivity index (χ0n) is 11.4. The first-order valence-electron chi connectivity index (χ1n) is 6.03. The van der Waals surface area contributed by atoms with Gasteiger partial charge in [0.2, 0.25) is 0 Å². The van der Waals surface area contributed by atoms with Gasteiger partial charge in [0.05, 0.1) is 12.7 Å². The molecule has 0 bridgehead atoms. The number of aryl methyl sites for hydroxylation is 1. The molecule has 0 saturated heterocycles. The van der Waals surface area contributed by atoms with Gasteiger partial charge in [-0.25, -0.2) is 13.6 Å². The smallest absolute Gasteiger partial charge is 0.340 e. The van der Waals surface area contributed by atoms with Crippen molar-refractivity contribution in [3.8, 4) is 11.5 Å². The summed E-state index contributed by atoms with van der Waals surface area (Å²) < 4.78 is 36.8. The predicted octanol–water partition coefficient (Wildman–Crippen LogP) is 3.43. The Hall–Kier alpha value is -2.63. The summed E-state index contributed by atoms with van der Waals surface area (Å²) in [6.07, 6.45) is 0.